The van der Waals surface area contributed by atoms with E-state index in [9.17, 15) is 18.0 Å². The first-order valence-electron chi connectivity index (χ1n) is 16.3. The number of hydrogen-bond acceptors (Lipinski definition) is 7. The van der Waals surface area contributed by atoms with Crippen LogP contribution in [0.1, 0.15) is 61.6 Å². The van der Waals surface area contributed by atoms with Crippen LogP contribution in [0, 0.1) is 5.92 Å². The molecule has 7 rings (SSSR count). The Morgan fingerprint density at radius 2 is 1.96 bits per heavy atom. The van der Waals surface area contributed by atoms with Crippen LogP contribution < -0.4 is 15.2 Å². The number of morpholine rings is 1. The van der Waals surface area contributed by atoms with Crippen molar-refractivity contribution in [2.24, 2.45) is 11.7 Å². The van der Waals surface area contributed by atoms with Crippen LogP contribution in [-0.2, 0) is 31.1 Å². The molecule has 2 aromatic rings. The molecule has 1 aromatic carbocycles. The van der Waals surface area contributed by atoms with E-state index in [1.807, 2.05) is 17.1 Å². The molecule has 2 aliphatic heterocycles. The molecule has 0 spiro atoms. The Balaban J connectivity index is 1.41. The van der Waals surface area contributed by atoms with E-state index in [0.717, 1.165) is 56.2 Å². The molecule has 1 saturated heterocycles. The van der Waals surface area contributed by atoms with E-state index in [1.54, 1.807) is 7.11 Å². The summed E-state index contributed by atoms with van der Waals surface area (Å²) in [7, 11) is 0.453. The summed E-state index contributed by atoms with van der Waals surface area (Å²) in [5, 5.41) is 0.998. The number of nitrogens with zero attached hydrogens (tertiary/aromatic N) is 3. The van der Waals surface area contributed by atoms with Crippen LogP contribution in [0.15, 0.2) is 52.6 Å². The zero-order valence-electron chi connectivity index (χ0n) is 26.8. The van der Waals surface area contributed by atoms with Gasteiger partial charge in [0.15, 0.2) is 0 Å². The Morgan fingerprint density at radius 1 is 1.17 bits per heavy atom. The highest BCUT2D eigenvalue weighted by atomic mass is 32.2. The summed E-state index contributed by atoms with van der Waals surface area (Å²) < 4.78 is 42.4. The molecular formula is C34H43N5O6S. The number of amides is 2. The maximum atomic E-state index is 14.5. The summed E-state index contributed by atoms with van der Waals surface area (Å²) in [5.74, 6) is -0.230. The summed E-state index contributed by atoms with van der Waals surface area (Å²) in [6.07, 6.45) is 10.4. The zero-order chi connectivity index (χ0) is 32.3. The Kier molecular flexibility index (Phi) is 8.11. The lowest BCUT2D eigenvalue weighted by Gasteiger charge is -2.40. The molecule has 12 heteroatoms. The van der Waals surface area contributed by atoms with Gasteiger partial charge in [-0.15, -0.1) is 0 Å². The van der Waals surface area contributed by atoms with Crippen LogP contribution in [0.2, 0.25) is 0 Å². The van der Waals surface area contributed by atoms with Crippen LogP contribution in [0.3, 0.4) is 0 Å². The highest BCUT2D eigenvalue weighted by molar-refractivity contribution is 7.87. The van der Waals surface area contributed by atoms with E-state index in [-0.39, 0.29) is 17.9 Å². The molecule has 3 atom stereocenters. The first-order valence-corrected chi connectivity index (χ1v) is 17.8. The van der Waals surface area contributed by atoms with Crippen molar-refractivity contribution in [3.8, 4) is 5.75 Å². The van der Waals surface area contributed by atoms with Gasteiger partial charge in [-0.3, -0.25) is 9.59 Å². The van der Waals surface area contributed by atoms with Crippen molar-refractivity contribution in [3.63, 3.8) is 0 Å². The van der Waals surface area contributed by atoms with Crippen LogP contribution in [0.5, 0.6) is 5.75 Å². The van der Waals surface area contributed by atoms with Crippen molar-refractivity contribution in [1.82, 2.24) is 18.5 Å². The number of nitrogens with one attached hydrogen (secondary N) is 1. The summed E-state index contributed by atoms with van der Waals surface area (Å²) in [4.78, 5) is 30.0. The summed E-state index contributed by atoms with van der Waals surface area (Å²) in [6, 6.07) is 6.22. The summed E-state index contributed by atoms with van der Waals surface area (Å²) >= 11 is 0. The molecule has 5 aliphatic rings. The lowest BCUT2D eigenvalue weighted by molar-refractivity contribution is -0.144. The molecule has 246 valence electrons. The minimum Gasteiger partial charge on any atom is -0.496 e. The van der Waals surface area contributed by atoms with E-state index in [1.165, 1.54) is 38.9 Å². The van der Waals surface area contributed by atoms with Gasteiger partial charge < -0.3 is 24.7 Å². The highest BCUT2D eigenvalue weighted by Crippen LogP contribution is 2.55. The average Bonchev–Trinajstić information content (AvgIpc) is 3.70. The van der Waals surface area contributed by atoms with Gasteiger partial charge in [-0.2, -0.15) is 12.7 Å². The fourth-order valence-corrected chi connectivity index (χ4v) is 8.64. The molecule has 11 nitrogen and oxygen atoms in total. The normalized spacial score (nSPS) is 24.9. The first-order chi connectivity index (χ1) is 22.2. The maximum Gasteiger partial charge on any atom is 0.303 e. The largest absolute Gasteiger partial charge is 0.496 e. The van der Waals surface area contributed by atoms with Crippen LogP contribution >= 0.6 is 0 Å². The van der Waals surface area contributed by atoms with Crippen molar-refractivity contribution in [1.29, 1.82) is 0 Å². The van der Waals surface area contributed by atoms with E-state index in [2.05, 4.69) is 27.5 Å². The van der Waals surface area contributed by atoms with Gasteiger partial charge in [0.2, 0.25) is 5.91 Å². The van der Waals surface area contributed by atoms with Gasteiger partial charge in [-0.1, -0.05) is 37.5 Å². The number of methoxy groups -OCH3 is 1. The number of rotatable bonds is 7. The monoisotopic (exact) mass is 649 g/mol. The molecule has 1 saturated carbocycles. The second-order valence-electron chi connectivity index (χ2n) is 13.2. The van der Waals surface area contributed by atoms with E-state index in [4.69, 9.17) is 15.2 Å². The number of nitrogens with two attached hydrogens (primary N) is 1. The number of benzene rings is 1. The number of aromatic nitrogens is 1. The molecule has 1 unspecified atom stereocenters. The van der Waals surface area contributed by atoms with Crippen molar-refractivity contribution in [2.75, 3.05) is 47.5 Å². The van der Waals surface area contributed by atoms with Gasteiger partial charge in [0.05, 0.1) is 43.4 Å². The predicted molar refractivity (Wildman–Crippen MR) is 174 cm³/mol. The Hall–Kier alpha value is -3.45. The third-order valence-electron chi connectivity index (χ3n) is 10.5. The van der Waals surface area contributed by atoms with Crippen molar-refractivity contribution in [3.05, 3.63) is 63.9 Å². The molecule has 3 N–H and O–H groups in total. The number of ether oxygens (including phenoxy) is 2. The minimum atomic E-state index is -3.99. The fourth-order valence-electron chi connectivity index (χ4n) is 8.12. The molecule has 0 radical (unpaired) electrons. The van der Waals surface area contributed by atoms with Crippen LogP contribution in [0.4, 0.5) is 0 Å². The molecule has 0 bridgehead atoms. The lowest BCUT2D eigenvalue weighted by Crippen LogP contribution is -2.54. The highest BCUT2D eigenvalue weighted by Gasteiger charge is 2.48. The number of carbonyl (C=O) groups is 2. The summed E-state index contributed by atoms with van der Waals surface area (Å²) in [6.45, 7) is 2.06. The third kappa shape index (κ3) is 5.10. The van der Waals surface area contributed by atoms with Gasteiger partial charge in [0, 0.05) is 50.7 Å². The number of carbonyl (C=O) groups excluding carboxylic acids is 2. The Bertz CT molecular complexity index is 1800. The molecule has 2 amide bonds. The standard InChI is InChI=1S/C34H43N5O6S/c1-37(2)46(42,43)36-33(40)31-26-18-39-27(16-25-28(44-3)13-12-22(32(25)39)20-8-5-4-6-9-20)29-23(30(26)31)10-7-11-24(29)34(41)38-14-15-45-19-21(38)17-35/h7,10,12-13,16,20-21,24,29H,4-6,8-9,11,14-15,17-19,35H2,1-3H3,(H,36,40)/t21-,24-,29?/m1/s1. The number of allylic oxidation sites excluding steroid dienone is 4. The van der Waals surface area contributed by atoms with Gasteiger partial charge in [0.1, 0.15) is 5.75 Å². The van der Waals surface area contributed by atoms with Gasteiger partial charge in [-0.25, -0.2) is 4.72 Å². The van der Waals surface area contributed by atoms with Gasteiger partial charge in [0.25, 0.3) is 5.91 Å². The maximum absolute atomic E-state index is 14.5. The molecule has 2 fully saturated rings. The average molecular weight is 650 g/mol. The Labute approximate surface area is 270 Å². The quantitative estimate of drug-likeness (QED) is 0.471. The third-order valence-corrected chi connectivity index (χ3v) is 11.9. The first kappa shape index (κ1) is 31.2. The zero-order valence-corrected chi connectivity index (χ0v) is 27.6. The van der Waals surface area contributed by atoms with E-state index in [0.29, 0.717) is 50.8 Å². The second kappa shape index (κ2) is 12.0. The van der Waals surface area contributed by atoms with Crippen LogP contribution in [0.25, 0.3) is 10.9 Å². The smallest absolute Gasteiger partial charge is 0.303 e. The molecule has 3 heterocycles. The fraction of sp³-hybridized carbons (Fsp3) is 0.529. The molecular weight excluding hydrogens is 606 g/mol. The molecule has 46 heavy (non-hydrogen) atoms. The summed E-state index contributed by atoms with van der Waals surface area (Å²) in [5.41, 5.74) is 12.3. The van der Waals surface area contributed by atoms with Crippen molar-refractivity contribution in [2.45, 2.75) is 62.9 Å². The Morgan fingerprint density at radius 3 is 2.67 bits per heavy atom. The van der Waals surface area contributed by atoms with Crippen LogP contribution in [-0.4, -0.2) is 87.6 Å². The van der Waals surface area contributed by atoms with E-state index >= 15 is 0 Å². The predicted octanol–water partition coefficient (Wildman–Crippen LogP) is 3.09. The number of fused-ring (bicyclic) bond motifs is 6. The number of hydrogen-bond donors (Lipinski definition) is 2. The van der Waals surface area contributed by atoms with Crippen molar-refractivity contribution < 1.29 is 27.5 Å². The molecule has 3 aliphatic carbocycles. The van der Waals surface area contributed by atoms with Crippen molar-refractivity contribution >= 4 is 32.9 Å². The van der Waals surface area contributed by atoms with E-state index < -0.39 is 22.0 Å². The van der Waals surface area contributed by atoms with Gasteiger partial charge >= 0.3 is 10.2 Å². The second-order valence-corrected chi connectivity index (χ2v) is 15.1. The SMILES string of the molecule is COc1ccc(C2CCCCC2)c2c1cc1n2CC2=C(C(=O)NS(=O)(=O)N(C)C)C2=C2C=CC[C@@H](C(=O)N3CCOC[C@H]3CN)C21. The lowest BCUT2D eigenvalue weighted by atomic mass is 9.75. The van der Waals surface area contributed by atoms with Gasteiger partial charge in [-0.05, 0) is 59.6 Å². The minimum absolute atomic E-state index is 0.0211. The topological polar surface area (TPSA) is 136 Å². The molecule has 1 aromatic heterocycles.